The molecule has 3 nitrogen and oxygen atoms in total. The molecule has 0 amide bonds. The van der Waals surface area contributed by atoms with Crippen molar-refractivity contribution in [2.45, 2.75) is 38.2 Å². The summed E-state index contributed by atoms with van der Waals surface area (Å²) in [5.41, 5.74) is 0. The lowest BCUT2D eigenvalue weighted by Gasteiger charge is -2.28. The van der Waals surface area contributed by atoms with Gasteiger partial charge in [-0.3, -0.25) is 4.79 Å². The first-order chi connectivity index (χ1) is 6.36. The van der Waals surface area contributed by atoms with Gasteiger partial charge in [-0.2, -0.15) is 0 Å². The molecule has 4 heteroatoms. The minimum atomic E-state index is 0. The van der Waals surface area contributed by atoms with Gasteiger partial charge < -0.3 is 10.1 Å². The molecule has 14 heavy (non-hydrogen) atoms. The third-order valence-corrected chi connectivity index (χ3v) is 2.97. The zero-order chi connectivity index (χ0) is 9.10. The number of rotatable bonds is 2. The monoisotopic (exact) mass is 219 g/mol. The number of halogens is 1. The van der Waals surface area contributed by atoms with E-state index < -0.39 is 0 Å². The molecule has 0 aromatic heterocycles. The maximum Gasteiger partial charge on any atom is 0.309 e. The van der Waals surface area contributed by atoms with Crippen molar-refractivity contribution in [1.29, 1.82) is 0 Å². The predicted octanol–water partition coefficient (Wildman–Crippen LogP) is 1.50. The molecule has 82 valence electrons. The third kappa shape index (κ3) is 2.85. The molecule has 2 rings (SSSR count). The van der Waals surface area contributed by atoms with E-state index in [4.69, 9.17) is 4.74 Å². The highest BCUT2D eigenvalue weighted by atomic mass is 35.5. The van der Waals surface area contributed by atoms with Crippen LogP contribution < -0.4 is 5.32 Å². The van der Waals surface area contributed by atoms with Crippen molar-refractivity contribution in [3.05, 3.63) is 0 Å². The molecule has 1 saturated carbocycles. The fraction of sp³-hybridized carbons (Fsp3) is 0.900. The van der Waals surface area contributed by atoms with Gasteiger partial charge >= 0.3 is 5.97 Å². The van der Waals surface area contributed by atoms with E-state index in [0.717, 1.165) is 38.8 Å². The Labute approximate surface area is 91.0 Å². The lowest BCUT2D eigenvalue weighted by atomic mass is 9.85. The van der Waals surface area contributed by atoms with Crippen LogP contribution in [0.1, 0.15) is 32.1 Å². The molecule has 1 saturated heterocycles. The van der Waals surface area contributed by atoms with Crippen LogP contribution in [0.25, 0.3) is 0 Å². The SMILES string of the molecule is Cl.O=C(OC1CCCNC1)C1CCC1. The Balaban J connectivity index is 0.000000980. The van der Waals surface area contributed by atoms with Crippen LogP contribution >= 0.6 is 12.4 Å². The van der Waals surface area contributed by atoms with Gasteiger partial charge in [-0.15, -0.1) is 12.4 Å². The third-order valence-electron chi connectivity index (χ3n) is 2.97. The molecule has 1 unspecified atom stereocenters. The lowest BCUT2D eigenvalue weighted by molar-refractivity contribution is -0.157. The van der Waals surface area contributed by atoms with E-state index in [1.165, 1.54) is 6.42 Å². The smallest absolute Gasteiger partial charge is 0.309 e. The maximum absolute atomic E-state index is 11.4. The average molecular weight is 220 g/mol. The number of hydrogen-bond donors (Lipinski definition) is 1. The molecule has 2 aliphatic rings. The fourth-order valence-electron chi connectivity index (χ4n) is 1.82. The Bertz CT molecular complexity index is 189. The number of ether oxygens (including phenoxy) is 1. The number of esters is 1. The molecule has 1 aliphatic carbocycles. The second-order valence-corrected chi connectivity index (χ2v) is 4.03. The van der Waals surface area contributed by atoms with Gasteiger partial charge in [-0.25, -0.2) is 0 Å². The van der Waals surface area contributed by atoms with Gasteiger partial charge in [0.15, 0.2) is 0 Å². The van der Waals surface area contributed by atoms with Crippen molar-refractivity contribution in [2.75, 3.05) is 13.1 Å². The van der Waals surface area contributed by atoms with E-state index in [2.05, 4.69) is 5.32 Å². The fourth-order valence-corrected chi connectivity index (χ4v) is 1.82. The van der Waals surface area contributed by atoms with E-state index in [1.54, 1.807) is 0 Å². The quantitative estimate of drug-likeness (QED) is 0.716. The highest BCUT2D eigenvalue weighted by Crippen LogP contribution is 2.28. The molecule has 0 radical (unpaired) electrons. The summed E-state index contributed by atoms with van der Waals surface area (Å²) < 4.78 is 5.39. The molecule has 0 aromatic rings. The molecule has 1 aliphatic heterocycles. The summed E-state index contributed by atoms with van der Waals surface area (Å²) in [6, 6.07) is 0. The Morgan fingerprint density at radius 3 is 2.50 bits per heavy atom. The van der Waals surface area contributed by atoms with Crippen molar-refractivity contribution < 1.29 is 9.53 Å². The zero-order valence-electron chi connectivity index (χ0n) is 8.33. The Kier molecular flexibility index (Phi) is 4.69. The van der Waals surface area contributed by atoms with Crippen LogP contribution in [0.5, 0.6) is 0 Å². The van der Waals surface area contributed by atoms with E-state index in [0.29, 0.717) is 0 Å². The van der Waals surface area contributed by atoms with E-state index in [9.17, 15) is 4.79 Å². The van der Waals surface area contributed by atoms with Crippen LogP contribution in [-0.2, 0) is 9.53 Å². The summed E-state index contributed by atoms with van der Waals surface area (Å²) in [5, 5.41) is 3.24. The molecular formula is C10H18ClNO2. The first-order valence-corrected chi connectivity index (χ1v) is 5.27. The molecule has 0 aromatic carbocycles. The van der Waals surface area contributed by atoms with Crippen molar-refractivity contribution >= 4 is 18.4 Å². The molecule has 0 bridgehead atoms. The van der Waals surface area contributed by atoms with Gasteiger partial charge in [0.25, 0.3) is 0 Å². The lowest BCUT2D eigenvalue weighted by Crippen LogP contribution is -2.38. The minimum absolute atomic E-state index is 0. The second kappa shape index (κ2) is 5.56. The maximum atomic E-state index is 11.4. The first-order valence-electron chi connectivity index (χ1n) is 5.27. The van der Waals surface area contributed by atoms with Crippen LogP contribution in [0.4, 0.5) is 0 Å². The number of nitrogens with one attached hydrogen (secondary N) is 1. The summed E-state index contributed by atoms with van der Waals surface area (Å²) in [4.78, 5) is 11.4. The average Bonchev–Trinajstić information content (AvgIpc) is 2.02. The van der Waals surface area contributed by atoms with Gasteiger partial charge in [0.1, 0.15) is 6.10 Å². The number of carbonyl (C=O) groups excluding carboxylic acids is 1. The van der Waals surface area contributed by atoms with E-state index >= 15 is 0 Å². The number of hydrogen-bond acceptors (Lipinski definition) is 3. The Morgan fingerprint density at radius 1 is 1.21 bits per heavy atom. The largest absolute Gasteiger partial charge is 0.461 e. The standard InChI is InChI=1S/C10H17NO2.ClH/c12-10(8-3-1-4-8)13-9-5-2-6-11-7-9;/h8-9,11H,1-7H2;1H. The summed E-state index contributed by atoms with van der Waals surface area (Å²) in [5.74, 6) is 0.266. The molecule has 0 spiro atoms. The molecule has 1 N–H and O–H groups in total. The van der Waals surface area contributed by atoms with Crippen molar-refractivity contribution in [1.82, 2.24) is 5.32 Å². The highest BCUT2D eigenvalue weighted by Gasteiger charge is 2.29. The first kappa shape index (κ1) is 11.8. The second-order valence-electron chi connectivity index (χ2n) is 4.03. The van der Waals surface area contributed by atoms with Crippen LogP contribution in [0.15, 0.2) is 0 Å². The Hall–Kier alpha value is -0.280. The summed E-state index contributed by atoms with van der Waals surface area (Å²) in [7, 11) is 0. The number of piperidine rings is 1. The summed E-state index contributed by atoms with van der Waals surface area (Å²) >= 11 is 0. The minimum Gasteiger partial charge on any atom is -0.461 e. The van der Waals surface area contributed by atoms with Crippen LogP contribution in [0.2, 0.25) is 0 Å². The van der Waals surface area contributed by atoms with Crippen molar-refractivity contribution in [3.63, 3.8) is 0 Å². The molecule has 2 fully saturated rings. The zero-order valence-corrected chi connectivity index (χ0v) is 9.15. The summed E-state index contributed by atoms with van der Waals surface area (Å²) in [6.45, 7) is 1.91. The van der Waals surface area contributed by atoms with Gasteiger partial charge in [-0.1, -0.05) is 6.42 Å². The van der Waals surface area contributed by atoms with Crippen LogP contribution in [0, 0.1) is 5.92 Å². The normalized spacial score (nSPS) is 27.3. The Morgan fingerprint density at radius 2 is 2.00 bits per heavy atom. The van der Waals surface area contributed by atoms with Gasteiger partial charge in [0, 0.05) is 6.54 Å². The molecular weight excluding hydrogens is 202 g/mol. The van der Waals surface area contributed by atoms with E-state index in [-0.39, 0.29) is 30.4 Å². The molecule has 1 atom stereocenters. The van der Waals surface area contributed by atoms with Crippen molar-refractivity contribution in [3.8, 4) is 0 Å². The topological polar surface area (TPSA) is 38.3 Å². The molecule has 1 heterocycles. The van der Waals surface area contributed by atoms with Crippen molar-refractivity contribution in [2.24, 2.45) is 5.92 Å². The highest BCUT2D eigenvalue weighted by molar-refractivity contribution is 5.85. The van der Waals surface area contributed by atoms with E-state index in [1.807, 2.05) is 0 Å². The van der Waals surface area contributed by atoms with Crippen LogP contribution in [-0.4, -0.2) is 25.2 Å². The van der Waals surface area contributed by atoms with Gasteiger partial charge in [0.2, 0.25) is 0 Å². The predicted molar refractivity (Wildman–Crippen MR) is 56.6 cm³/mol. The van der Waals surface area contributed by atoms with Gasteiger partial charge in [-0.05, 0) is 32.2 Å². The summed E-state index contributed by atoms with van der Waals surface area (Å²) in [6.07, 6.45) is 5.58. The van der Waals surface area contributed by atoms with Crippen LogP contribution in [0.3, 0.4) is 0 Å². The van der Waals surface area contributed by atoms with Gasteiger partial charge in [0.05, 0.1) is 5.92 Å². The number of carbonyl (C=O) groups is 1.